The van der Waals surface area contributed by atoms with Crippen LogP contribution in [0.3, 0.4) is 0 Å². The molecule has 0 atom stereocenters. The van der Waals surface area contributed by atoms with Crippen LogP contribution >= 0.6 is 0 Å². The molecule has 0 radical (unpaired) electrons. The molecule has 0 saturated carbocycles. The summed E-state index contributed by atoms with van der Waals surface area (Å²) in [5.41, 5.74) is 3.09. The molecule has 0 unspecified atom stereocenters. The molecular formula is C20H21N5O2. The van der Waals surface area contributed by atoms with E-state index in [0.717, 1.165) is 36.0 Å². The molecule has 3 heterocycles. The van der Waals surface area contributed by atoms with Crippen LogP contribution in [0.25, 0.3) is 0 Å². The monoisotopic (exact) mass is 363 g/mol. The second-order valence-electron chi connectivity index (χ2n) is 6.79. The van der Waals surface area contributed by atoms with Gasteiger partial charge in [0.15, 0.2) is 0 Å². The number of hydrogen-bond donors (Lipinski definition) is 0. The van der Waals surface area contributed by atoms with Crippen molar-refractivity contribution in [3.05, 3.63) is 52.5 Å². The van der Waals surface area contributed by atoms with Crippen molar-refractivity contribution in [3.63, 3.8) is 0 Å². The van der Waals surface area contributed by atoms with E-state index in [-0.39, 0.29) is 5.91 Å². The van der Waals surface area contributed by atoms with Gasteiger partial charge in [0.2, 0.25) is 0 Å². The molecule has 2 aliphatic rings. The normalized spacial score (nSPS) is 16.6. The summed E-state index contributed by atoms with van der Waals surface area (Å²) in [6.07, 6.45) is 0.708. The first-order valence-electron chi connectivity index (χ1n) is 9.14. The molecule has 4 rings (SSSR count). The van der Waals surface area contributed by atoms with E-state index in [1.807, 2.05) is 11.8 Å². The average molecular weight is 363 g/mol. The summed E-state index contributed by atoms with van der Waals surface area (Å²) in [5, 5.41) is 9.08. The topological polar surface area (TPSA) is 82.3 Å². The first-order chi connectivity index (χ1) is 13.2. The molecule has 0 bridgehead atoms. The third-order valence-corrected chi connectivity index (χ3v) is 4.99. The lowest BCUT2D eigenvalue weighted by molar-refractivity contribution is 0.0733. The molecule has 2 aromatic rings. The van der Waals surface area contributed by atoms with Gasteiger partial charge in [0.1, 0.15) is 11.6 Å². The zero-order valence-corrected chi connectivity index (χ0v) is 15.3. The number of benzene rings is 1. The molecule has 7 nitrogen and oxygen atoms in total. The zero-order chi connectivity index (χ0) is 18.8. The number of nitriles is 1. The van der Waals surface area contributed by atoms with Gasteiger partial charge in [0.05, 0.1) is 37.1 Å². The predicted molar refractivity (Wildman–Crippen MR) is 99.4 cm³/mol. The highest BCUT2D eigenvalue weighted by atomic mass is 16.5. The number of ether oxygens (including phenoxy) is 1. The first-order valence-corrected chi connectivity index (χ1v) is 9.14. The van der Waals surface area contributed by atoms with Gasteiger partial charge in [-0.2, -0.15) is 5.26 Å². The van der Waals surface area contributed by atoms with Crippen LogP contribution in [0.5, 0.6) is 0 Å². The number of nitrogens with zero attached hydrogens (tertiary/aromatic N) is 5. The third-order valence-electron chi connectivity index (χ3n) is 4.99. The number of carbonyl (C=O) groups excluding carboxylic acids is 1. The van der Waals surface area contributed by atoms with Crippen LogP contribution in [0.1, 0.15) is 33.0 Å². The van der Waals surface area contributed by atoms with Gasteiger partial charge >= 0.3 is 0 Å². The summed E-state index contributed by atoms with van der Waals surface area (Å²) >= 11 is 0. The fourth-order valence-corrected chi connectivity index (χ4v) is 3.63. The maximum absolute atomic E-state index is 13.0. The Morgan fingerprint density at radius 1 is 1.22 bits per heavy atom. The highest BCUT2D eigenvalue weighted by Crippen LogP contribution is 2.28. The van der Waals surface area contributed by atoms with E-state index in [0.29, 0.717) is 43.9 Å². The lowest BCUT2D eigenvalue weighted by Crippen LogP contribution is -2.41. The Bertz CT molecular complexity index is 915. The van der Waals surface area contributed by atoms with Crippen molar-refractivity contribution in [2.75, 3.05) is 37.7 Å². The van der Waals surface area contributed by atoms with Crippen LogP contribution < -0.4 is 4.90 Å². The zero-order valence-electron chi connectivity index (χ0n) is 15.3. The predicted octanol–water partition coefficient (Wildman–Crippen LogP) is 1.69. The van der Waals surface area contributed by atoms with E-state index in [2.05, 4.69) is 20.9 Å². The van der Waals surface area contributed by atoms with Gasteiger partial charge in [-0.1, -0.05) is 6.07 Å². The summed E-state index contributed by atoms with van der Waals surface area (Å²) < 4.78 is 5.46. The summed E-state index contributed by atoms with van der Waals surface area (Å²) in [5.74, 6) is 1.62. The van der Waals surface area contributed by atoms with Gasteiger partial charge in [0.25, 0.3) is 5.91 Å². The number of hydrogen-bond acceptors (Lipinski definition) is 6. The third kappa shape index (κ3) is 3.49. The Hall–Kier alpha value is -2.98. The molecule has 0 aliphatic carbocycles. The molecule has 138 valence electrons. The van der Waals surface area contributed by atoms with Crippen LogP contribution in [0.2, 0.25) is 0 Å². The molecular weight excluding hydrogens is 342 g/mol. The van der Waals surface area contributed by atoms with E-state index in [1.54, 1.807) is 24.3 Å². The highest BCUT2D eigenvalue weighted by molar-refractivity contribution is 5.94. The molecule has 1 aromatic carbocycles. The second kappa shape index (κ2) is 7.33. The minimum atomic E-state index is -0.0637. The van der Waals surface area contributed by atoms with Gasteiger partial charge in [-0.15, -0.1) is 0 Å². The van der Waals surface area contributed by atoms with Crippen molar-refractivity contribution >= 4 is 11.7 Å². The van der Waals surface area contributed by atoms with Gasteiger partial charge in [0, 0.05) is 37.2 Å². The summed E-state index contributed by atoms with van der Waals surface area (Å²) in [4.78, 5) is 26.3. The molecule has 7 heteroatoms. The molecule has 27 heavy (non-hydrogen) atoms. The average Bonchev–Trinajstić information content (AvgIpc) is 2.73. The minimum absolute atomic E-state index is 0.0637. The smallest absolute Gasteiger partial charge is 0.254 e. The summed E-state index contributed by atoms with van der Waals surface area (Å²) in [6, 6.07) is 8.94. The fourth-order valence-electron chi connectivity index (χ4n) is 3.63. The number of rotatable bonds is 2. The molecule has 2 aliphatic heterocycles. The van der Waals surface area contributed by atoms with Crippen LogP contribution in [-0.2, 0) is 17.7 Å². The Morgan fingerprint density at radius 3 is 2.81 bits per heavy atom. The van der Waals surface area contributed by atoms with Crippen LogP contribution in [0.4, 0.5) is 5.82 Å². The summed E-state index contributed by atoms with van der Waals surface area (Å²) in [7, 11) is 0. The maximum Gasteiger partial charge on any atom is 0.254 e. The van der Waals surface area contributed by atoms with Crippen LogP contribution in [0.15, 0.2) is 24.3 Å². The molecule has 1 saturated heterocycles. The lowest BCUT2D eigenvalue weighted by Gasteiger charge is -2.34. The number of fused-ring (bicyclic) bond motifs is 1. The quantitative estimate of drug-likeness (QED) is 0.808. The number of anilines is 1. The standard InChI is InChI=1S/C20H21N5O2/c1-14-22-18-5-6-25(20(26)16-4-2-3-15(11-16)12-21)13-17(18)19(23-14)24-7-9-27-10-8-24/h2-4,11H,5-10,13H2,1H3. The van der Waals surface area contributed by atoms with E-state index in [1.165, 1.54) is 0 Å². The molecule has 1 fully saturated rings. The largest absolute Gasteiger partial charge is 0.378 e. The molecule has 1 amide bonds. The van der Waals surface area contributed by atoms with Crippen molar-refractivity contribution < 1.29 is 9.53 Å². The Balaban J connectivity index is 1.63. The van der Waals surface area contributed by atoms with Gasteiger partial charge < -0.3 is 14.5 Å². The number of aryl methyl sites for hydroxylation is 1. The van der Waals surface area contributed by atoms with Crippen molar-refractivity contribution in [1.29, 1.82) is 5.26 Å². The second-order valence-corrected chi connectivity index (χ2v) is 6.79. The van der Waals surface area contributed by atoms with Gasteiger partial charge in [-0.05, 0) is 25.1 Å². The minimum Gasteiger partial charge on any atom is -0.378 e. The van der Waals surface area contributed by atoms with Crippen LogP contribution in [-0.4, -0.2) is 53.6 Å². The van der Waals surface area contributed by atoms with Crippen LogP contribution in [0, 0.1) is 18.3 Å². The van der Waals surface area contributed by atoms with E-state index in [4.69, 9.17) is 10.00 Å². The van der Waals surface area contributed by atoms with E-state index < -0.39 is 0 Å². The molecule has 1 aromatic heterocycles. The summed E-state index contributed by atoms with van der Waals surface area (Å²) in [6.45, 7) is 5.96. The SMILES string of the molecule is Cc1nc2c(c(N3CCOCC3)n1)CN(C(=O)c1cccc(C#N)c1)CC2. The lowest BCUT2D eigenvalue weighted by atomic mass is 10.0. The van der Waals surface area contributed by atoms with Gasteiger partial charge in [-0.25, -0.2) is 9.97 Å². The number of amides is 1. The van der Waals surface area contributed by atoms with Gasteiger partial charge in [-0.3, -0.25) is 4.79 Å². The Morgan fingerprint density at radius 2 is 2.04 bits per heavy atom. The van der Waals surface area contributed by atoms with Crippen molar-refractivity contribution in [1.82, 2.24) is 14.9 Å². The molecule has 0 spiro atoms. The first kappa shape index (κ1) is 17.4. The maximum atomic E-state index is 13.0. The Labute approximate surface area is 158 Å². The van der Waals surface area contributed by atoms with E-state index >= 15 is 0 Å². The van der Waals surface area contributed by atoms with Crippen molar-refractivity contribution in [2.24, 2.45) is 0 Å². The number of carbonyl (C=O) groups is 1. The molecule has 0 N–H and O–H groups in total. The fraction of sp³-hybridized carbons (Fsp3) is 0.400. The van der Waals surface area contributed by atoms with E-state index in [9.17, 15) is 4.79 Å². The number of aromatic nitrogens is 2. The number of morpholine rings is 1. The van der Waals surface area contributed by atoms with Crippen molar-refractivity contribution in [2.45, 2.75) is 19.9 Å². The highest BCUT2D eigenvalue weighted by Gasteiger charge is 2.28. The van der Waals surface area contributed by atoms with Crippen molar-refractivity contribution in [3.8, 4) is 6.07 Å². The Kier molecular flexibility index (Phi) is 4.73.